The van der Waals surface area contributed by atoms with E-state index in [2.05, 4.69) is 5.32 Å². The lowest BCUT2D eigenvalue weighted by Crippen LogP contribution is -2.38. The van der Waals surface area contributed by atoms with Crippen molar-refractivity contribution in [1.29, 1.82) is 0 Å². The molecule has 2 amide bonds. The van der Waals surface area contributed by atoms with Crippen LogP contribution in [0.5, 0.6) is 0 Å². The molecule has 0 atom stereocenters. The highest BCUT2D eigenvalue weighted by atomic mass is 19.2. The molecule has 0 radical (unpaired) electrons. The van der Waals surface area contributed by atoms with E-state index in [-0.39, 0.29) is 5.69 Å². The number of anilines is 1. The maximum atomic E-state index is 13.2. The molecule has 0 unspecified atom stereocenters. The molecule has 0 aliphatic carbocycles. The Hall–Kier alpha value is -2.44. The van der Waals surface area contributed by atoms with Crippen molar-refractivity contribution >= 4 is 17.7 Å². The lowest BCUT2D eigenvalue weighted by atomic mass is 10.1. The van der Waals surface area contributed by atoms with Gasteiger partial charge >= 0.3 is 12.0 Å². The number of amides is 2. The van der Waals surface area contributed by atoms with Gasteiger partial charge in [0.1, 0.15) is 0 Å². The molecule has 0 aromatic heterocycles. The number of urea groups is 1. The number of hydrogen-bond acceptors (Lipinski definition) is 2. The van der Waals surface area contributed by atoms with E-state index in [9.17, 15) is 18.4 Å². The summed E-state index contributed by atoms with van der Waals surface area (Å²) in [6.07, 6.45) is 2.70. The number of carbonyl (C=O) groups excluding carboxylic acids is 1. The molecular formula is C14H14F2N2O3. The van der Waals surface area contributed by atoms with Gasteiger partial charge in [-0.1, -0.05) is 11.6 Å². The van der Waals surface area contributed by atoms with Crippen LogP contribution in [0.1, 0.15) is 23.7 Å². The van der Waals surface area contributed by atoms with Crippen LogP contribution in [-0.2, 0) is 0 Å². The first-order valence-corrected chi connectivity index (χ1v) is 6.32. The third-order valence-electron chi connectivity index (χ3n) is 3.15. The van der Waals surface area contributed by atoms with E-state index in [1.807, 2.05) is 13.0 Å². The monoisotopic (exact) mass is 296 g/mol. The Kier molecular flexibility index (Phi) is 4.21. The SMILES string of the molecule is CC1=CCCN(C(=O)Nc2cc(F)c(F)cc2C(=O)O)C1. The summed E-state index contributed by atoms with van der Waals surface area (Å²) in [5.74, 6) is -3.94. The van der Waals surface area contributed by atoms with E-state index in [0.29, 0.717) is 31.6 Å². The molecule has 7 heteroatoms. The van der Waals surface area contributed by atoms with Gasteiger partial charge in [0, 0.05) is 19.2 Å². The second-order valence-electron chi connectivity index (χ2n) is 4.81. The zero-order chi connectivity index (χ0) is 15.6. The van der Waals surface area contributed by atoms with Gasteiger partial charge in [-0.3, -0.25) is 0 Å². The molecular weight excluding hydrogens is 282 g/mol. The number of carbonyl (C=O) groups is 2. The number of halogens is 2. The summed E-state index contributed by atoms with van der Waals surface area (Å²) in [6.45, 7) is 2.77. The smallest absolute Gasteiger partial charge is 0.337 e. The normalized spacial score (nSPS) is 14.6. The summed E-state index contributed by atoms with van der Waals surface area (Å²) in [4.78, 5) is 24.6. The zero-order valence-electron chi connectivity index (χ0n) is 11.3. The van der Waals surface area contributed by atoms with E-state index >= 15 is 0 Å². The Bertz CT molecular complexity index is 629. The van der Waals surface area contributed by atoms with E-state index in [4.69, 9.17) is 5.11 Å². The first-order chi connectivity index (χ1) is 9.88. The van der Waals surface area contributed by atoms with Gasteiger partial charge < -0.3 is 15.3 Å². The van der Waals surface area contributed by atoms with E-state index in [1.165, 1.54) is 4.90 Å². The van der Waals surface area contributed by atoms with Crippen molar-refractivity contribution < 1.29 is 23.5 Å². The van der Waals surface area contributed by atoms with Gasteiger partial charge in [0.05, 0.1) is 11.3 Å². The van der Waals surface area contributed by atoms with Crippen LogP contribution in [-0.4, -0.2) is 35.1 Å². The Morgan fingerprint density at radius 1 is 1.29 bits per heavy atom. The van der Waals surface area contributed by atoms with Crippen molar-refractivity contribution in [3.05, 3.63) is 41.0 Å². The molecule has 0 saturated carbocycles. The van der Waals surface area contributed by atoms with Gasteiger partial charge in [0.2, 0.25) is 0 Å². The van der Waals surface area contributed by atoms with Crippen LogP contribution in [0.25, 0.3) is 0 Å². The second kappa shape index (κ2) is 5.90. The molecule has 1 aliphatic rings. The number of nitrogens with one attached hydrogen (secondary N) is 1. The Balaban J connectivity index is 2.23. The zero-order valence-corrected chi connectivity index (χ0v) is 11.3. The maximum Gasteiger partial charge on any atom is 0.337 e. The standard InChI is InChI=1S/C14H14F2N2O3/c1-8-3-2-4-18(7-8)14(21)17-12-6-11(16)10(15)5-9(12)13(19)20/h3,5-6H,2,4,7H2,1H3,(H,17,21)(H,19,20). The molecule has 5 nitrogen and oxygen atoms in total. The molecule has 0 bridgehead atoms. The predicted molar refractivity (Wildman–Crippen MR) is 72.3 cm³/mol. The fourth-order valence-electron chi connectivity index (χ4n) is 2.11. The number of carboxylic acids is 1. The summed E-state index contributed by atoms with van der Waals surface area (Å²) in [7, 11) is 0. The van der Waals surface area contributed by atoms with Gasteiger partial charge in [-0.2, -0.15) is 0 Å². The van der Waals surface area contributed by atoms with Crippen LogP contribution >= 0.6 is 0 Å². The van der Waals surface area contributed by atoms with Crippen molar-refractivity contribution in [3.63, 3.8) is 0 Å². The maximum absolute atomic E-state index is 13.2. The Morgan fingerprint density at radius 3 is 2.57 bits per heavy atom. The first-order valence-electron chi connectivity index (χ1n) is 6.32. The highest BCUT2D eigenvalue weighted by Gasteiger charge is 2.21. The first kappa shape index (κ1) is 15.0. The summed E-state index contributed by atoms with van der Waals surface area (Å²) >= 11 is 0. The average Bonchev–Trinajstić information content (AvgIpc) is 2.42. The van der Waals surface area contributed by atoms with Crippen LogP contribution in [0.2, 0.25) is 0 Å². The fourth-order valence-corrected chi connectivity index (χ4v) is 2.11. The average molecular weight is 296 g/mol. The van der Waals surface area contributed by atoms with Crippen LogP contribution in [0.15, 0.2) is 23.8 Å². The quantitative estimate of drug-likeness (QED) is 0.824. The highest BCUT2D eigenvalue weighted by Crippen LogP contribution is 2.21. The number of rotatable bonds is 2. The fraction of sp³-hybridized carbons (Fsp3) is 0.286. The van der Waals surface area contributed by atoms with Crippen molar-refractivity contribution in [3.8, 4) is 0 Å². The molecule has 0 saturated heterocycles. The van der Waals surface area contributed by atoms with Crippen LogP contribution in [0.4, 0.5) is 19.3 Å². The molecule has 0 spiro atoms. The van der Waals surface area contributed by atoms with Gasteiger partial charge in [-0.25, -0.2) is 18.4 Å². The third kappa shape index (κ3) is 3.36. The van der Waals surface area contributed by atoms with E-state index in [0.717, 1.165) is 5.57 Å². The number of hydrogen-bond donors (Lipinski definition) is 2. The number of carboxylic acid groups (broad SMARTS) is 1. The third-order valence-corrected chi connectivity index (χ3v) is 3.15. The summed E-state index contributed by atoms with van der Waals surface area (Å²) < 4.78 is 26.3. The van der Waals surface area contributed by atoms with Crippen LogP contribution in [0, 0.1) is 11.6 Å². The van der Waals surface area contributed by atoms with Gasteiger partial charge in [0.25, 0.3) is 0 Å². The van der Waals surface area contributed by atoms with Crippen molar-refractivity contribution in [1.82, 2.24) is 4.90 Å². The number of nitrogens with zero attached hydrogens (tertiary/aromatic N) is 1. The summed E-state index contributed by atoms with van der Waals surface area (Å²) in [5.41, 5.74) is 0.255. The topological polar surface area (TPSA) is 69.6 Å². The Morgan fingerprint density at radius 2 is 1.95 bits per heavy atom. The minimum absolute atomic E-state index is 0.265. The lowest BCUT2D eigenvalue weighted by Gasteiger charge is -2.26. The molecule has 21 heavy (non-hydrogen) atoms. The Labute approximate surface area is 119 Å². The van der Waals surface area contributed by atoms with Crippen molar-refractivity contribution in [2.75, 3.05) is 18.4 Å². The van der Waals surface area contributed by atoms with Crippen LogP contribution < -0.4 is 5.32 Å². The largest absolute Gasteiger partial charge is 0.478 e. The van der Waals surface area contributed by atoms with Crippen LogP contribution in [0.3, 0.4) is 0 Å². The second-order valence-corrected chi connectivity index (χ2v) is 4.81. The highest BCUT2D eigenvalue weighted by molar-refractivity contribution is 6.00. The minimum atomic E-state index is -1.45. The molecule has 2 rings (SSSR count). The van der Waals surface area contributed by atoms with Gasteiger partial charge in [0.15, 0.2) is 11.6 Å². The molecule has 1 aliphatic heterocycles. The minimum Gasteiger partial charge on any atom is -0.478 e. The van der Waals surface area contributed by atoms with Crippen molar-refractivity contribution in [2.45, 2.75) is 13.3 Å². The molecule has 1 aromatic rings. The summed E-state index contributed by atoms with van der Waals surface area (Å²) in [6, 6.07) is 0.675. The molecule has 112 valence electrons. The molecule has 2 N–H and O–H groups in total. The number of benzene rings is 1. The van der Waals surface area contributed by atoms with Crippen molar-refractivity contribution in [2.24, 2.45) is 0 Å². The van der Waals surface area contributed by atoms with Gasteiger partial charge in [-0.05, 0) is 19.4 Å². The van der Waals surface area contributed by atoms with Gasteiger partial charge in [-0.15, -0.1) is 0 Å². The number of aromatic carboxylic acids is 1. The molecule has 0 fully saturated rings. The summed E-state index contributed by atoms with van der Waals surface area (Å²) in [5, 5.41) is 11.3. The van der Waals surface area contributed by atoms with E-state index < -0.39 is 29.2 Å². The lowest BCUT2D eigenvalue weighted by molar-refractivity contribution is 0.0697. The molecule has 1 heterocycles. The van der Waals surface area contributed by atoms with E-state index in [1.54, 1.807) is 0 Å². The molecule has 1 aromatic carbocycles. The predicted octanol–water partition coefficient (Wildman–Crippen LogP) is 2.85.